The van der Waals surface area contributed by atoms with Gasteiger partial charge in [-0.05, 0) is 22.4 Å². The fraction of sp³-hybridized carbons (Fsp3) is 0.240. The summed E-state index contributed by atoms with van der Waals surface area (Å²) in [5, 5.41) is 13.4. The van der Waals surface area contributed by atoms with E-state index in [-0.39, 0.29) is 29.3 Å². The van der Waals surface area contributed by atoms with Crippen LogP contribution in [0, 0.1) is 10.1 Å². The minimum Gasteiger partial charge on any atom is -0.339 e. The molecule has 1 saturated heterocycles. The molecule has 0 bridgehead atoms. The fourth-order valence-corrected chi connectivity index (χ4v) is 4.60. The number of nitro benzene ring substituents is 1. The number of piperazine rings is 1. The van der Waals surface area contributed by atoms with Gasteiger partial charge in [0.1, 0.15) is 6.54 Å². The van der Waals surface area contributed by atoms with Gasteiger partial charge in [0.05, 0.1) is 16.1 Å². The predicted molar refractivity (Wildman–Crippen MR) is 124 cm³/mol. The molecular formula is C25H22N4O5. The average Bonchev–Trinajstić information content (AvgIpc) is 3.09. The zero-order valence-corrected chi connectivity index (χ0v) is 18.3. The number of benzene rings is 3. The summed E-state index contributed by atoms with van der Waals surface area (Å²) in [6.07, 6.45) is 0. The van der Waals surface area contributed by atoms with Gasteiger partial charge in [-0.3, -0.25) is 34.3 Å². The van der Waals surface area contributed by atoms with Crippen molar-refractivity contribution in [3.05, 3.63) is 87.5 Å². The number of nitro groups is 1. The molecule has 3 aromatic carbocycles. The zero-order chi connectivity index (χ0) is 23.8. The van der Waals surface area contributed by atoms with Crippen LogP contribution >= 0.6 is 0 Å². The molecule has 2 aliphatic heterocycles. The largest absolute Gasteiger partial charge is 0.339 e. The lowest BCUT2D eigenvalue weighted by Gasteiger charge is -2.35. The lowest BCUT2D eigenvalue weighted by molar-refractivity contribution is -0.384. The fourth-order valence-electron chi connectivity index (χ4n) is 4.60. The minimum atomic E-state index is -0.674. The van der Waals surface area contributed by atoms with Crippen molar-refractivity contribution < 1.29 is 19.3 Å². The number of fused-ring (bicyclic) bond motifs is 2. The number of hydrogen-bond acceptors (Lipinski definition) is 6. The summed E-state index contributed by atoms with van der Waals surface area (Å²) in [6, 6.07) is 18.0. The molecule has 5 rings (SSSR count). The first kappa shape index (κ1) is 21.7. The molecule has 0 unspecified atom stereocenters. The highest BCUT2D eigenvalue weighted by Crippen LogP contribution is 2.27. The Morgan fingerprint density at radius 3 is 2.35 bits per heavy atom. The van der Waals surface area contributed by atoms with Crippen LogP contribution in [0.3, 0.4) is 0 Å². The van der Waals surface area contributed by atoms with E-state index in [2.05, 4.69) is 29.2 Å². The van der Waals surface area contributed by atoms with Gasteiger partial charge in [-0.25, -0.2) is 0 Å². The second kappa shape index (κ2) is 8.68. The third-order valence-electron chi connectivity index (χ3n) is 6.46. The maximum atomic E-state index is 12.9. The monoisotopic (exact) mass is 458 g/mol. The van der Waals surface area contributed by atoms with Crippen molar-refractivity contribution >= 4 is 34.2 Å². The van der Waals surface area contributed by atoms with Crippen molar-refractivity contribution in [2.45, 2.75) is 6.54 Å². The first-order valence-corrected chi connectivity index (χ1v) is 11.0. The summed E-state index contributed by atoms with van der Waals surface area (Å²) in [4.78, 5) is 53.3. The molecule has 0 aromatic heterocycles. The number of imide groups is 1. The summed E-state index contributed by atoms with van der Waals surface area (Å²) < 4.78 is 0. The van der Waals surface area contributed by atoms with E-state index in [1.165, 1.54) is 28.5 Å². The standard InChI is InChI=1S/C25H22N4O5/c30-23(16-28-24(31)21-9-8-19(29(33)34)14-22(21)25(28)32)27-12-10-26(11-13-27)15-18-6-3-5-17-4-1-2-7-20(17)18/h1-9,14H,10-13,15-16H2. The van der Waals surface area contributed by atoms with Crippen molar-refractivity contribution in [1.29, 1.82) is 0 Å². The van der Waals surface area contributed by atoms with Gasteiger partial charge in [0.25, 0.3) is 17.5 Å². The molecule has 0 aliphatic carbocycles. The Balaban J connectivity index is 1.20. The second-order valence-electron chi connectivity index (χ2n) is 8.48. The van der Waals surface area contributed by atoms with Crippen LogP contribution in [0.25, 0.3) is 10.8 Å². The Labute approximate surface area is 195 Å². The molecule has 172 valence electrons. The van der Waals surface area contributed by atoms with Crippen LogP contribution in [0.1, 0.15) is 26.3 Å². The molecule has 34 heavy (non-hydrogen) atoms. The Morgan fingerprint density at radius 1 is 0.882 bits per heavy atom. The molecule has 3 aromatic rings. The Morgan fingerprint density at radius 2 is 1.59 bits per heavy atom. The lowest BCUT2D eigenvalue weighted by atomic mass is 10.0. The third kappa shape index (κ3) is 3.90. The summed E-state index contributed by atoms with van der Waals surface area (Å²) in [5.41, 5.74) is 1.02. The normalized spacial score (nSPS) is 16.2. The van der Waals surface area contributed by atoms with Crippen molar-refractivity contribution in [2.75, 3.05) is 32.7 Å². The minimum absolute atomic E-state index is 0.0353. The Hall–Kier alpha value is -4.11. The maximum Gasteiger partial charge on any atom is 0.270 e. The molecule has 0 atom stereocenters. The number of amides is 3. The number of carbonyl (C=O) groups is 3. The third-order valence-corrected chi connectivity index (χ3v) is 6.46. The van der Waals surface area contributed by atoms with Gasteiger partial charge in [0, 0.05) is 44.9 Å². The smallest absolute Gasteiger partial charge is 0.270 e. The molecule has 3 amide bonds. The lowest BCUT2D eigenvalue weighted by Crippen LogP contribution is -2.51. The van der Waals surface area contributed by atoms with Crippen molar-refractivity contribution in [3.63, 3.8) is 0 Å². The van der Waals surface area contributed by atoms with Gasteiger partial charge in [-0.2, -0.15) is 0 Å². The molecule has 2 aliphatic rings. The summed E-state index contributed by atoms with van der Waals surface area (Å²) in [7, 11) is 0. The molecule has 0 saturated carbocycles. The van der Waals surface area contributed by atoms with Crippen LogP contribution in [0.2, 0.25) is 0 Å². The Kier molecular flexibility index (Phi) is 5.54. The van der Waals surface area contributed by atoms with Crippen LogP contribution in [0.5, 0.6) is 0 Å². The van der Waals surface area contributed by atoms with Gasteiger partial charge < -0.3 is 4.90 Å². The average molecular weight is 458 g/mol. The van der Waals surface area contributed by atoms with Gasteiger partial charge in [0.2, 0.25) is 5.91 Å². The molecular weight excluding hydrogens is 436 g/mol. The highest BCUT2D eigenvalue weighted by Gasteiger charge is 2.38. The van der Waals surface area contributed by atoms with E-state index in [1.54, 1.807) is 4.90 Å². The van der Waals surface area contributed by atoms with Crippen molar-refractivity contribution in [3.8, 4) is 0 Å². The maximum absolute atomic E-state index is 12.9. The first-order valence-electron chi connectivity index (χ1n) is 11.0. The summed E-state index contributed by atoms with van der Waals surface area (Å²) in [6.45, 7) is 2.77. The van der Waals surface area contributed by atoms with Crippen LogP contribution < -0.4 is 0 Å². The molecule has 0 spiro atoms. The molecule has 0 N–H and O–H groups in total. The van der Waals surface area contributed by atoms with Crippen molar-refractivity contribution in [2.24, 2.45) is 0 Å². The number of carbonyl (C=O) groups excluding carboxylic acids is 3. The van der Waals surface area contributed by atoms with Gasteiger partial charge in [-0.15, -0.1) is 0 Å². The van der Waals surface area contributed by atoms with Crippen LogP contribution in [0.15, 0.2) is 60.7 Å². The summed E-state index contributed by atoms with van der Waals surface area (Å²) in [5.74, 6) is -1.58. The summed E-state index contributed by atoms with van der Waals surface area (Å²) >= 11 is 0. The van der Waals surface area contributed by atoms with Gasteiger partial charge in [-0.1, -0.05) is 42.5 Å². The number of non-ortho nitro benzene ring substituents is 1. The van der Waals surface area contributed by atoms with E-state index in [9.17, 15) is 24.5 Å². The molecule has 9 heteroatoms. The highest BCUT2D eigenvalue weighted by molar-refractivity contribution is 6.22. The molecule has 9 nitrogen and oxygen atoms in total. The van der Waals surface area contributed by atoms with E-state index < -0.39 is 16.7 Å². The van der Waals surface area contributed by atoms with E-state index in [0.29, 0.717) is 26.2 Å². The SMILES string of the molecule is O=C(CN1C(=O)c2ccc([N+](=O)[O-])cc2C1=O)N1CCN(Cc2cccc3ccccc23)CC1. The predicted octanol–water partition coefficient (Wildman–Crippen LogP) is 2.69. The molecule has 0 radical (unpaired) electrons. The van der Waals surface area contributed by atoms with Crippen molar-refractivity contribution in [1.82, 2.24) is 14.7 Å². The van der Waals surface area contributed by atoms with Gasteiger partial charge in [0.15, 0.2) is 0 Å². The zero-order valence-electron chi connectivity index (χ0n) is 18.3. The van der Waals surface area contributed by atoms with Crippen LogP contribution in [-0.2, 0) is 11.3 Å². The van der Waals surface area contributed by atoms with E-state index in [0.717, 1.165) is 17.5 Å². The number of hydrogen-bond donors (Lipinski definition) is 0. The van der Waals surface area contributed by atoms with Gasteiger partial charge >= 0.3 is 0 Å². The van der Waals surface area contributed by atoms with Crippen LogP contribution in [0.4, 0.5) is 5.69 Å². The Bertz CT molecular complexity index is 1320. The van der Waals surface area contributed by atoms with E-state index >= 15 is 0 Å². The number of nitrogens with zero attached hydrogens (tertiary/aromatic N) is 4. The second-order valence-corrected chi connectivity index (χ2v) is 8.48. The molecule has 1 fully saturated rings. The first-order chi connectivity index (χ1) is 16.4. The van der Waals surface area contributed by atoms with Crippen LogP contribution in [-0.4, -0.2) is 70.1 Å². The topological polar surface area (TPSA) is 104 Å². The number of rotatable bonds is 5. The van der Waals surface area contributed by atoms with E-state index in [1.807, 2.05) is 18.2 Å². The van der Waals surface area contributed by atoms with E-state index in [4.69, 9.17) is 0 Å². The molecule has 2 heterocycles. The quantitative estimate of drug-likeness (QED) is 0.331. The highest BCUT2D eigenvalue weighted by atomic mass is 16.6.